The minimum atomic E-state index is -0.157. The number of ether oxygens (including phenoxy) is 1. The molecule has 19 heavy (non-hydrogen) atoms. The largest absolute Gasteiger partial charge is 0.374 e. The first kappa shape index (κ1) is 16.5. The fourth-order valence-electron chi connectivity index (χ4n) is 1.92. The molecule has 1 aromatic heterocycles. The fraction of sp³-hybridized carbons (Fsp3) is 0.786. The first-order valence-electron chi connectivity index (χ1n) is 6.97. The minimum Gasteiger partial charge on any atom is -0.374 e. The van der Waals surface area contributed by atoms with Crippen LogP contribution >= 0.6 is 11.6 Å². The van der Waals surface area contributed by atoms with Crippen molar-refractivity contribution in [3.63, 3.8) is 0 Å². The van der Waals surface area contributed by atoms with E-state index in [1.165, 1.54) is 0 Å². The molecule has 0 aromatic carbocycles. The molecule has 1 atom stereocenters. The lowest BCUT2D eigenvalue weighted by Crippen LogP contribution is -2.32. The Morgan fingerprint density at radius 2 is 2.11 bits per heavy atom. The molecule has 1 unspecified atom stereocenters. The van der Waals surface area contributed by atoms with Crippen LogP contribution in [0.2, 0.25) is 5.02 Å². The molecule has 1 aromatic rings. The summed E-state index contributed by atoms with van der Waals surface area (Å²) >= 11 is 6.28. The average Bonchev–Trinajstić information content (AvgIpc) is 2.66. The summed E-state index contributed by atoms with van der Waals surface area (Å²) in [5, 5.41) is 8.47. The molecule has 5 heteroatoms. The van der Waals surface area contributed by atoms with E-state index in [-0.39, 0.29) is 11.6 Å². The lowest BCUT2D eigenvalue weighted by molar-refractivity contribution is -0.0156. The van der Waals surface area contributed by atoms with Crippen molar-refractivity contribution in [1.82, 2.24) is 15.1 Å². The van der Waals surface area contributed by atoms with Crippen molar-refractivity contribution < 1.29 is 4.74 Å². The van der Waals surface area contributed by atoms with E-state index in [0.717, 1.165) is 25.2 Å². The van der Waals surface area contributed by atoms with E-state index in [2.05, 4.69) is 45.0 Å². The maximum atomic E-state index is 6.28. The van der Waals surface area contributed by atoms with Gasteiger partial charge in [-0.05, 0) is 33.7 Å². The lowest BCUT2D eigenvalue weighted by Gasteiger charge is -2.25. The maximum Gasteiger partial charge on any atom is 0.0835 e. The van der Waals surface area contributed by atoms with Crippen LogP contribution in [0.15, 0.2) is 6.20 Å². The van der Waals surface area contributed by atoms with Gasteiger partial charge >= 0.3 is 0 Å². The van der Waals surface area contributed by atoms with E-state index in [0.29, 0.717) is 11.6 Å². The zero-order valence-corrected chi connectivity index (χ0v) is 13.4. The summed E-state index contributed by atoms with van der Waals surface area (Å²) in [4.78, 5) is 0. The lowest BCUT2D eigenvalue weighted by atomic mass is 10.1. The van der Waals surface area contributed by atoms with Crippen molar-refractivity contribution in [2.45, 2.75) is 59.2 Å². The maximum absolute atomic E-state index is 6.28. The van der Waals surface area contributed by atoms with Gasteiger partial charge in [0.1, 0.15) is 0 Å². The van der Waals surface area contributed by atoms with E-state index in [1.54, 1.807) is 6.20 Å². The van der Waals surface area contributed by atoms with Crippen LogP contribution < -0.4 is 5.32 Å². The van der Waals surface area contributed by atoms with Gasteiger partial charge in [-0.3, -0.25) is 4.68 Å². The third kappa shape index (κ3) is 5.13. The Morgan fingerprint density at radius 1 is 1.42 bits per heavy atom. The van der Waals surface area contributed by atoms with Gasteiger partial charge in [-0.15, -0.1) is 0 Å². The molecule has 1 heterocycles. The van der Waals surface area contributed by atoms with Gasteiger partial charge in [0.25, 0.3) is 0 Å². The second-order valence-electron chi connectivity index (χ2n) is 5.63. The van der Waals surface area contributed by atoms with Gasteiger partial charge in [-0.2, -0.15) is 5.10 Å². The summed E-state index contributed by atoms with van der Waals surface area (Å²) in [5.41, 5.74) is 0.866. The Labute approximate surface area is 121 Å². The first-order chi connectivity index (χ1) is 8.89. The van der Waals surface area contributed by atoms with Crippen LogP contribution in [-0.2, 0) is 11.3 Å². The quantitative estimate of drug-likeness (QED) is 0.835. The molecule has 4 nitrogen and oxygen atoms in total. The van der Waals surface area contributed by atoms with Crippen LogP contribution in [0.5, 0.6) is 0 Å². The molecule has 0 saturated heterocycles. The second-order valence-corrected chi connectivity index (χ2v) is 6.04. The van der Waals surface area contributed by atoms with Gasteiger partial charge in [0.05, 0.1) is 35.2 Å². The molecule has 0 aliphatic rings. The van der Waals surface area contributed by atoms with Crippen molar-refractivity contribution in [3.8, 4) is 0 Å². The van der Waals surface area contributed by atoms with Crippen molar-refractivity contribution in [2.75, 3.05) is 13.2 Å². The zero-order chi connectivity index (χ0) is 14.5. The van der Waals surface area contributed by atoms with Crippen molar-refractivity contribution >= 4 is 11.6 Å². The standard InChI is InChI=1S/C14H26ClN3O/c1-6-8-18-13(11(15)9-17-18)12(16-7-2)10-19-14(3,4)5/h9,12,16H,6-8,10H2,1-5H3. The molecule has 0 bridgehead atoms. The highest BCUT2D eigenvalue weighted by Crippen LogP contribution is 2.24. The normalized spacial score (nSPS) is 13.8. The molecular formula is C14H26ClN3O. The predicted octanol–water partition coefficient (Wildman–Crippen LogP) is 3.41. The highest BCUT2D eigenvalue weighted by Gasteiger charge is 2.22. The van der Waals surface area contributed by atoms with E-state index < -0.39 is 0 Å². The third-order valence-electron chi connectivity index (χ3n) is 2.73. The highest BCUT2D eigenvalue weighted by atomic mass is 35.5. The Bertz CT molecular complexity index is 385. The van der Waals surface area contributed by atoms with Crippen LogP contribution in [0.4, 0.5) is 0 Å². The van der Waals surface area contributed by atoms with E-state index in [1.807, 2.05) is 4.68 Å². The summed E-state index contributed by atoms with van der Waals surface area (Å²) in [6.07, 6.45) is 2.75. The number of hydrogen-bond donors (Lipinski definition) is 1. The van der Waals surface area contributed by atoms with Crippen LogP contribution in [0.3, 0.4) is 0 Å². The zero-order valence-electron chi connectivity index (χ0n) is 12.7. The molecule has 0 aliphatic carbocycles. The van der Waals surface area contributed by atoms with Crippen LogP contribution in [0, 0.1) is 0 Å². The van der Waals surface area contributed by atoms with Gasteiger partial charge in [0, 0.05) is 6.54 Å². The third-order valence-corrected chi connectivity index (χ3v) is 3.02. The molecule has 1 N–H and O–H groups in total. The average molecular weight is 288 g/mol. The van der Waals surface area contributed by atoms with Crippen molar-refractivity contribution in [3.05, 3.63) is 16.9 Å². The number of rotatable bonds is 7. The van der Waals surface area contributed by atoms with Crippen LogP contribution in [0.25, 0.3) is 0 Å². The highest BCUT2D eigenvalue weighted by molar-refractivity contribution is 6.31. The van der Waals surface area contributed by atoms with Gasteiger partial charge in [-0.1, -0.05) is 25.4 Å². The molecule has 0 fully saturated rings. The van der Waals surface area contributed by atoms with Gasteiger partial charge in [0.15, 0.2) is 0 Å². The first-order valence-corrected chi connectivity index (χ1v) is 7.35. The summed E-state index contributed by atoms with van der Waals surface area (Å²) in [7, 11) is 0. The van der Waals surface area contributed by atoms with Crippen LogP contribution in [0.1, 0.15) is 52.8 Å². The number of nitrogens with zero attached hydrogens (tertiary/aromatic N) is 2. The smallest absolute Gasteiger partial charge is 0.0835 e. The van der Waals surface area contributed by atoms with Gasteiger partial charge < -0.3 is 10.1 Å². The van der Waals surface area contributed by atoms with Crippen molar-refractivity contribution in [1.29, 1.82) is 0 Å². The molecule has 0 aliphatic heterocycles. The van der Waals surface area contributed by atoms with E-state index in [4.69, 9.17) is 16.3 Å². The minimum absolute atomic E-state index is 0.0748. The molecule has 110 valence electrons. The molecule has 0 spiro atoms. The Hall–Kier alpha value is -0.580. The number of likely N-dealkylation sites (N-methyl/N-ethyl adjacent to an activating group) is 1. The molecular weight excluding hydrogens is 262 g/mol. The predicted molar refractivity (Wildman–Crippen MR) is 79.7 cm³/mol. The summed E-state index contributed by atoms with van der Waals surface area (Å²) in [6.45, 7) is 12.7. The summed E-state index contributed by atoms with van der Waals surface area (Å²) < 4.78 is 7.87. The number of nitrogens with one attached hydrogen (secondary N) is 1. The van der Waals surface area contributed by atoms with Gasteiger partial charge in [-0.25, -0.2) is 0 Å². The summed E-state index contributed by atoms with van der Waals surface area (Å²) in [6, 6.07) is 0.0748. The Balaban J connectivity index is 2.88. The van der Waals surface area contributed by atoms with E-state index in [9.17, 15) is 0 Å². The van der Waals surface area contributed by atoms with Crippen LogP contribution in [-0.4, -0.2) is 28.5 Å². The van der Waals surface area contributed by atoms with Gasteiger partial charge in [0.2, 0.25) is 0 Å². The SMILES string of the molecule is CCCn1ncc(Cl)c1C(COC(C)(C)C)NCC. The molecule has 1 rings (SSSR count). The van der Waals surface area contributed by atoms with Crippen molar-refractivity contribution in [2.24, 2.45) is 0 Å². The molecule has 0 saturated carbocycles. The Kier molecular flexibility index (Phi) is 6.30. The monoisotopic (exact) mass is 287 g/mol. The molecule has 0 radical (unpaired) electrons. The number of halogens is 1. The topological polar surface area (TPSA) is 39.1 Å². The fourth-order valence-corrected chi connectivity index (χ4v) is 2.20. The number of aryl methyl sites for hydroxylation is 1. The summed E-state index contributed by atoms with van der Waals surface area (Å²) in [5.74, 6) is 0. The van der Waals surface area contributed by atoms with E-state index >= 15 is 0 Å². The Morgan fingerprint density at radius 3 is 2.63 bits per heavy atom. The number of hydrogen-bond acceptors (Lipinski definition) is 3. The second kappa shape index (κ2) is 7.27. The molecule has 0 amide bonds. The number of aromatic nitrogens is 2.